The van der Waals surface area contributed by atoms with Gasteiger partial charge in [-0.2, -0.15) is 5.09 Å². The van der Waals surface area contributed by atoms with Crippen molar-refractivity contribution in [1.29, 1.82) is 0 Å². The van der Waals surface area contributed by atoms with Crippen LogP contribution in [0.25, 0.3) is 0 Å². The van der Waals surface area contributed by atoms with Crippen LogP contribution in [0.2, 0.25) is 0 Å². The van der Waals surface area contributed by atoms with Gasteiger partial charge in [-0.15, -0.1) is 0 Å². The molecule has 220 valence electrons. The fourth-order valence-corrected chi connectivity index (χ4v) is 5.49. The van der Waals surface area contributed by atoms with E-state index in [1.54, 1.807) is 30.3 Å². The molecule has 11 nitrogen and oxygen atoms in total. The van der Waals surface area contributed by atoms with Crippen LogP contribution < -0.4 is 9.61 Å². The van der Waals surface area contributed by atoms with E-state index >= 15 is 0 Å². The Morgan fingerprint density at radius 2 is 1.57 bits per heavy atom. The molecule has 2 aromatic carbocycles. The first kappa shape index (κ1) is 32.9. The van der Waals surface area contributed by atoms with Crippen molar-refractivity contribution in [3.8, 4) is 5.75 Å². The zero-order valence-corrected chi connectivity index (χ0v) is 23.9. The van der Waals surface area contributed by atoms with Crippen LogP contribution in [0, 0.1) is 10.1 Å². The summed E-state index contributed by atoms with van der Waals surface area (Å²) in [5.41, 5.74) is 0.434. The van der Waals surface area contributed by atoms with E-state index in [0.717, 1.165) is 31.4 Å². The Balaban J connectivity index is 2.04. The molecule has 2 rings (SSSR count). The average Bonchev–Trinajstić information content (AvgIpc) is 2.92. The molecule has 12 heteroatoms. The summed E-state index contributed by atoms with van der Waals surface area (Å²) < 4.78 is 30.0. The van der Waals surface area contributed by atoms with Gasteiger partial charge in [-0.1, -0.05) is 82.2 Å². The highest BCUT2D eigenvalue weighted by molar-refractivity contribution is 7.52. The summed E-state index contributed by atoms with van der Waals surface area (Å²) >= 11 is 0. The number of hydrogen-bond acceptors (Lipinski definition) is 8. The number of carboxylic acid groups (broad SMARTS) is 1. The molecule has 0 saturated heterocycles. The van der Waals surface area contributed by atoms with E-state index < -0.39 is 36.8 Å². The second-order valence-electron chi connectivity index (χ2n) is 9.44. The van der Waals surface area contributed by atoms with Crippen LogP contribution in [0.1, 0.15) is 70.8 Å². The molecule has 0 amide bonds. The third-order valence-electron chi connectivity index (χ3n) is 6.04. The van der Waals surface area contributed by atoms with Crippen LogP contribution in [-0.2, 0) is 29.8 Å². The third kappa shape index (κ3) is 12.3. The second-order valence-corrected chi connectivity index (χ2v) is 11.1. The molecule has 0 spiro atoms. The van der Waals surface area contributed by atoms with E-state index in [1.165, 1.54) is 44.7 Å². The number of unbranched alkanes of at least 4 members (excludes halogenated alkanes) is 7. The van der Waals surface area contributed by atoms with Crippen molar-refractivity contribution < 1.29 is 38.0 Å². The number of rotatable bonds is 20. The number of carbonyl (C=O) groups is 2. The third-order valence-corrected chi connectivity index (χ3v) is 7.71. The lowest BCUT2D eigenvalue weighted by atomic mass is 10.1. The summed E-state index contributed by atoms with van der Waals surface area (Å²) in [6.07, 6.45) is 7.23. The summed E-state index contributed by atoms with van der Waals surface area (Å²) in [5.74, 6) is -2.16. The number of non-ortho nitro benzene ring substituents is 1. The summed E-state index contributed by atoms with van der Waals surface area (Å²) in [6.45, 7) is 3.68. The van der Waals surface area contributed by atoms with E-state index in [4.69, 9.17) is 13.8 Å². The zero-order chi connectivity index (χ0) is 29.4. The standard InChI is InChI=1S/C28H39N2O9P/c1-3-4-5-6-7-8-9-13-20-37-28(33)22(2)38-40(36,39-25-18-16-24(17-19-25)30(34)35)29-26(27(31)32)21-23-14-11-10-12-15-23/h10-12,14-19,22,26H,3-9,13,20-21H2,1-2H3,(H,29,36)(H,31,32)/t22-,26-,40?/m0/s1. The first-order valence-electron chi connectivity index (χ1n) is 13.6. The number of aliphatic carboxylic acids is 1. The number of nitro groups is 1. The van der Waals surface area contributed by atoms with E-state index in [2.05, 4.69) is 12.0 Å². The summed E-state index contributed by atoms with van der Waals surface area (Å²) in [6, 6.07) is 12.0. The van der Waals surface area contributed by atoms with Gasteiger partial charge in [0.25, 0.3) is 5.69 Å². The van der Waals surface area contributed by atoms with Crippen molar-refractivity contribution in [1.82, 2.24) is 5.09 Å². The van der Waals surface area contributed by atoms with Gasteiger partial charge in [-0.3, -0.25) is 19.4 Å². The molecule has 0 saturated carbocycles. The fraction of sp³-hybridized carbons (Fsp3) is 0.500. The Morgan fingerprint density at radius 1 is 0.975 bits per heavy atom. The molecule has 0 aliphatic heterocycles. The maximum Gasteiger partial charge on any atom is 0.460 e. The molecule has 0 aromatic heterocycles. The predicted molar refractivity (Wildman–Crippen MR) is 150 cm³/mol. The number of esters is 1. The topological polar surface area (TPSA) is 154 Å². The van der Waals surface area contributed by atoms with Crippen LogP contribution in [0.4, 0.5) is 5.69 Å². The SMILES string of the molecule is CCCCCCCCCCOC(=O)[C@H](C)OP(=O)(N[C@@H](Cc1ccccc1)C(=O)O)Oc1ccc([N+](=O)[O-])cc1. The van der Waals surface area contributed by atoms with Gasteiger partial charge in [0.15, 0.2) is 6.10 Å². The molecule has 0 fully saturated rings. The molecule has 1 unspecified atom stereocenters. The van der Waals surface area contributed by atoms with Crippen molar-refractivity contribution in [3.05, 3.63) is 70.3 Å². The lowest BCUT2D eigenvalue weighted by Crippen LogP contribution is -2.39. The number of nitrogens with zero attached hydrogens (tertiary/aromatic N) is 1. The lowest BCUT2D eigenvalue weighted by molar-refractivity contribution is -0.384. The highest BCUT2D eigenvalue weighted by Crippen LogP contribution is 2.46. The molecule has 0 aliphatic rings. The quantitative estimate of drug-likeness (QED) is 0.0588. The Morgan fingerprint density at radius 3 is 2.15 bits per heavy atom. The van der Waals surface area contributed by atoms with Gasteiger partial charge in [0, 0.05) is 12.1 Å². The average molecular weight is 579 g/mol. The van der Waals surface area contributed by atoms with Crippen LogP contribution in [0.3, 0.4) is 0 Å². The van der Waals surface area contributed by atoms with Crippen molar-refractivity contribution in [2.45, 2.75) is 83.8 Å². The van der Waals surface area contributed by atoms with E-state index in [0.29, 0.717) is 12.0 Å². The smallest absolute Gasteiger partial charge is 0.460 e. The molecular formula is C28H39N2O9P. The van der Waals surface area contributed by atoms with Crippen LogP contribution in [0.5, 0.6) is 5.75 Å². The summed E-state index contributed by atoms with van der Waals surface area (Å²) in [5, 5.41) is 23.2. The van der Waals surface area contributed by atoms with E-state index in [1.807, 2.05) is 0 Å². The number of carboxylic acids is 1. The van der Waals surface area contributed by atoms with Crippen molar-refractivity contribution in [2.75, 3.05) is 6.61 Å². The largest absolute Gasteiger partial charge is 0.480 e. The maximum absolute atomic E-state index is 13.8. The molecule has 2 N–H and O–H groups in total. The van der Waals surface area contributed by atoms with Crippen molar-refractivity contribution in [3.63, 3.8) is 0 Å². The van der Waals surface area contributed by atoms with Crippen LogP contribution >= 0.6 is 7.75 Å². The first-order chi connectivity index (χ1) is 19.1. The monoisotopic (exact) mass is 578 g/mol. The van der Waals surface area contributed by atoms with Gasteiger partial charge < -0.3 is 14.4 Å². The van der Waals surface area contributed by atoms with Gasteiger partial charge in [-0.25, -0.2) is 9.36 Å². The van der Waals surface area contributed by atoms with Crippen molar-refractivity contribution >= 4 is 25.4 Å². The normalized spacial score (nSPS) is 14.1. The molecular weight excluding hydrogens is 539 g/mol. The van der Waals surface area contributed by atoms with Crippen LogP contribution in [0.15, 0.2) is 54.6 Å². The number of carbonyl (C=O) groups excluding carboxylic acids is 1. The molecule has 0 radical (unpaired) electrons. The number of ether oxygens (including phenoxy) is 1. The van der Waals surface area contributed by atoms with Gasteiger partial charge in [0.2, 0.25) is 0 Å². The van der Waals surface area contributed by atoms with Gasteiger partial charge in [-0.05, 0) is 37.5 Å². The van der Waals surface area contributed by atoms with Gasteiger partial charge in [0.1, 0.15) is 11.8 Å². The highest BCUT2D eigenvalue weighted by atomic mass is 31.2. The fourth-order valence-electron chi connectivity index (χ4n) is 3.85. The Labute approximate surface area is 235 Å². The molecule has 0 heterocycles. The van der Waals surface area contributed by atoms with Crippen molar-refractivity contribution in [2.24, 2.45) is 0 Å². The Hall–Kier alpha value is -3.27. The minimum atomic E-state index is -4.50. The number of benzene rings is 2. The summed E-state index contributed by atoms with van der Waals surface area (Å²) in [4.78, 5) is 34.9. The molecule has 3 atom stereocenters. The Bertz CT molecular complexity index is 1110. The summed E-state index contributed by atoms with van der Waals surface area (Å²) in [7, 11) is -4.50. The number of nitrogens with one attached hydrogen (secondary N) is 1. The molecule has 0 aliphatic carbocycles. The second kappa shape index (κ2) is 17.4. The number of hydrogen-bond donors (Lipinski definition) is 2. The molecule has 40 heavy (non-hydrogen) atoms. The Kier molecular flexibility index (Phi) is 14.4. The van der Waals surface area contributed by atoms with Gasteiger partial charge in [0.05, 0.1) is 11.5 Å². The molecule has 2 aromatic rings. The van der Waals surface area contributed by atoms with Gasteiger partial charge >= 0.3 is 19.7 Å². The minimum Gasteiger partial charge on any atom is -0.480 e. The number of nitro benzene ring substituents is 1. The zero-order valence-electron chi connectivity index (χ0n) is 23.0. The van der Waals surface area contributed by atoms with E-state index in [-0.39, 0.29) is 24.5 Å². The molecule has 0 bridgehead atoms. The minimum absolute atomic E-state index is 0.0512. The highest BCUT2D eigenvalue weighted by Gasteiger charge is 2.37. The first-order valence-corrected chi connectivity index (χ1v) is 15.1. The lowest BCUT2D eigenvalue weighted by Gasteiger charge is -2.25. The maximum atomic E-state index is 13.8. The predicted octanol–water partition coefficient (Wildman–Crippen LogP) is 6.46. The van der Waals surface area contributed by atoms with Crippen LogP contribution in [-0.4, -0.2) is 40.7 Å². The van der Waals surface area contributed by atoms with E-state index in [9.17, 15) is 29.4 Å².